The van der Waals surface area contributed by atoms with Crippen molar-refractivity contribution in [3.63, 3.8) is 0 Å². The number of anilines is 3. The fourth-order valence-corrected chi connectivity index (χ4v) is 3.74. The van der Waals surface area contributed by atoms with Gasteiger partial charge in [0.15, 0.2) is 0 Å². The number of benzene rings is 2. The van der Waals surface area contributed by atoms with Crippen molar-refractivity contribution in [3.8, 4) is 0 Å². The van der Waals surface area contributed by atoms with E-state index < -0.39 is 5.41 Å². The number of halogens is 1. The van der Waals surface area contributed by atoms with Gasteiger partial charge >= 0.3 is 0 Å². The molecule has 0 unspecified atom stereocenters. The molecule has 0 bridgehead atoms. The molecule has 1 aromatic heterocycles. The van der Waals surface area contributed by atoms with E-state index in [1.165, 1.54) is 18.5 Å². The van der Waals surface area contributed by atoms with Crippen molar-refractivity contribution in [1.82, 2.24) is 15.3 Å². The summed E-state index contributed by atoms with van der Waals surface area (Å²) in [5, 5.41) is 6.85. The number of H-pyrrole nitrogens is 1. The Bertz CT molecular complexity index is 1060. The SMILES string of the molecule is CC(C)(C)C(=O)NCc1ccc(Cl)c(Nc2nc3cc(N4CCCC4)ccc3[nH]2)c1. The zero-order valence-electron chi connectivity index (χ0n) is 17.7. The van der Waals surface area contributed by atoms with Crippen LogP contribution in [0.15, 0.2) is 36.4 Å². The topological polar surface area (TPSA) is 73.1 Å². The third-order valence-corrected chi connectivity index (χ3v) is 5.69. The molecule has 2 heterocycles. The van der Waals surface area contributed by atoms with E-state index in [4.69, 9.17) is 16.6 Å². The maximum Gasteiger partial charge on any atom is 0.225 e. The molecule has 1 aliphatic heterocycles. The lowest BCUT2D eigenvalue weighted by Gasteiger charge is -2.18. The van der Waals surface area contributed by atoms with E-state index in [1.807, 2.05) is 39.0 Å². The maximum absolute atomic E-state index is 12.1. The van der Waals surface area contributed by atoms with Crippen LogP contribution in [-0.4, -0.2) is 29.0 Å². The second-order valence-corrected chi connectivity index (χ2v) is 9.26. The first kappa shape index (κ1) is 20.5. The smallest absolute Gasteiger partial charge is 0.225 e. The van der Waals surface area contributed by atoms with Crippen LogP contribution in [0.1, 0.15) is 39.2 Å². The monoisotopic (exact) mass is 425 g/mol. The summed E-state index contributed by atoms with van der Waals surface area (Å²) in [6.45, 7) is 8.35. The molecule has 0 saturated carbocycles. The molecule has 2 aromatic carbocycles. The summed E-state index contributed by atoms with van der Waals surface area (Å²) in [7, 11) is 0. The normalized spacial score (nSPS) is 14.3. The van der Waals surface area contributed by atoms with Gasteiger partial charge in [0, 0.05) is 30.7 Å². The molecule has 0 aliphatic carbocycles. The predicted molar refractivity (Wildman–Crippen MR) is 124 cm³/mol. The Labute approximate surface area is 182 Å². The molecule has 1 fully saturated rings. The number of aromatic nitrogens is 2. The van der Waals surface area contributed by atoms with Crippen LogP contribution in [0.4, 0.5) is 17.3 Å². The number of rotatable bonds is 5. The molecule has 7 heteroatoms. The van der Waals surface area contributed by atoms with E-state index in [1.54, 1.807) is 0 Å². The number of fused-ring (bicyclic) bond motifs is 1. The van der Waals surface area contributed by atoms with Crippen molar-refractivity contribution in [1.29, 1.82) is 0 Å². The zero-order valence-corrected chi connectivity index (χ0v) is 18.4. The summed E-state index contributed by atoms with van der Waals surface area (Å²) in [6, 6.07) is 12.0. The molecule has 3 aromatic rings. The lowest BCUT2D eigenvalue weighted by Crippen LogP contribution is -2.34. The van der Waals surface area contributed by atoms with Gasteiger partial charge in [-0.15, -0.1) is 0 Å². The molecule has 6 nitrogen and oxygen atoms in total. The number of amides is 1. The van der Waals surface area contributed by atoms with E-state index in [-0.39, 0.29) is 5.91 Å². The van der Waals surface area contributed by atoms with Crippen molar-refractivity contribution in [2.75, 3.05) is 23.3 Å². The number of nitrogens with zero attached hydrogens (tertiary/aromatic N) is 2. The largest absolute Gasteiger partial charge is 0.371 e. The van der Waals surface area contributed by atoms with Crippen LogP contribution in [-0.2, 0) is 11.3 Å². The van der Waals surface area contributed by atoms with Gasteiger partial charge in [-0.3, -0.25) is 4.79 Å². The van der Waals surface area contributed by atoms with Crippen LogP contribution in [0.25, 0.3) is 11.0 Å². The minimum atomic E-state index is -0.421. The minimum absolute atomic E-state index is 0.0121. The summed E-state index contributed by atoms with van der Waals surface area (Å²) in [6.07, 6.45) is 2.49. The molecule has 1 aliphatic rings. The number of hydrogen-bond acceptors (Lipinski definition) is 4. The third-order valence-electron chi connectivity index (χ3n) is 5.36. The first-order valence-corrected chi connectivity index (χ1v) is 10.8. The number of aromatic amines is 1. The number of carbonyl (C=O) groups excluding carboxylic acids is 1. The first-order valence-electron chi connectivity index (χ1n) is 10.4. The second-order valence-electron chi connectivity index (χ2n) is 8.85. The molecule has 1 amide bonds. The quantitative estimate of drug-likeness (QED) is 0.523. The van der Waals surface area contributed by atoms with Gasteiger partial charge in [-0.25, -0.2) is 4.98 Å². The molecule has 1 saturated heterocycles. The molecular weight excluding hydrogens is 398 g/mol. The highest BCUT2D eigenvalue weighted by atomic mass is 35.5. The number of imidazole rings is 1. The fraction of sp³-hybridized carbons (Fsp3) is 0.391. The van der Waals surface area contributed by atoms with E-state index in [9.17, 15) is 4.79 Å². The molecule has 30 heavy (non-hydrogen) atoms. The van der Waals surface area contributed by atoms with Gasteiger partial charge in [-0.2, -0.15) is 0 Å². The van der Waals surface area contributed by atoms with E-state index in [0.29, 0.717) is 17.5 Å². The lowest BCUT2D eigenvalue weighted by atomic mass is 9.95. The average Bonchev–Trinajstić information content (AvgIpc) is 3.36. The lowest BCUT2D eigenvalue weighted by molar-refractivity contribution is -0.128. The highest BCUT2D eigenvalue weighted by molar-refractivity contribution is 6.33. The highest BCUT2D eigenvalue weighted by Crippen LogP contribution is 2.29. The summed E-state index contributed by atoms with van der Waals surface area (Å²) in [4.78, 5) is 22.5. The number of hydrogen-bond donors (Lipinski definition) is 3. The van der Waals surface area contributed by atoms with Crippen LogP contribution in [0.3, 0.4) is 0 Å². The Morgan fingerprint density at radius 1 is 1.17 bits per heavy atom. The summed E-state index contributed by atoms with van der Waals surface area (Å²) in [5.74, 6) is 0.652. The zero-order chi connectivity index (χ0) is 21.3. The van der Waals surface area contributed by atoms with Gasteiger partial charge in [0.2, 0.25) is 11.9 Å². The van der Waals surface area contributed by atoms with Crippen molar-refractivity contribution in [2.24, 2.45) is 5.41 Å². The van der Waals surface area contributed by atoms with Gasteiger partial charge in [-0.1, -0.05) is 38.4 Å². The highest BCUT2D eigenvalue weighted by Gasteiger charge is 2.20. The maximum atomic E-state index is 12.1. The van der Waals surface area contributed by atoms with E-state index >= 15 is 0 Å². The van der Waals surface area contributed by atoms with Crippen LogP contribution < -0.4 is 15.5 Å². The molecule has 158 valence electrons. The summed E-state index contributed by atoms with van der Waals surface area (Å²) < 4.78 is 0. The minimum Gasteiger partial charge on any atom is -0.371 e. The second kappa shape index (κ2) is 8.19. The van der Waals surface area contributed by atoms with Gasteiger partial charge in [0.05, 0.1) is 21.7 Å². The average molecular weight is 426 g/mol. The predicted octanol–water partition coefficient (Wildman–Crippen LogP) is 5.22. The standard InChI is InChI=1S/C23H28ClN5O/c1-23(2,3)21(30)25-14-15-6-8-17(24)19(12-15)27-22-26-18-9-7-16(13-20(18)28-22)29-10-4-5-11-29/h6-9,12-13H,4-5,10-11,14H2,1-3H3,(H,25,30)(H2,26,27,28). The number of carbonyl (C=O) groups is 1. The van der Waals surface area contributed by atoms with Crippen LogP contribution >= 0.6 is 11.6 Å². The van der Waals surface area contributed by atoms with Crippen LogP contribution in [0.5, 0.6) is 0 Å². The summed E-state index contributed by atoms with van der Waals surface area (Å²) in [5.41, 5.74) is 4.41. The Balaban J connectivity index is 1.50. The Morgan fingerprint density at radius 2 is 1.93 bits per heavy atom. The molecule has 4 rings (SSSR count). The van der Waals surface area contributed by atoms with Gasteiger partial charge in [0.25, 0.3) is 0 Å². The third kappa shape index (κ3) is 4.54. The number of nitrogens with one attached hydrogen (secondary N) is 3. The van der Waals surface area contributed by atoms with E-state index in [0.717, 1.165) is 35.4 Å². The van der Waals surface area contributed by atoms with Gasteiger partial charge in [-0.05, 0) is 48.7 Å². The van der Waals surface area contributed by atoms with Crippen molar-refractivity contribution in [2.45, 2.75) is 40.2 Å². The molecule has 0 atom stereocenters. The Morgan fingerprint density at radius 3 is 2.67 bits per heavy atom. The van der Waals surface area contributed by atoms with E-state index in [2.05, 4.69) is 38.7 Å². The van der Waals surface area contributed by atoms with Gasteiger partial charge in [0.1, 0.15) is 0 Å². The van der Waals surface area contributed by atoms with Crippen molar-refractivity contribution in [3.05, 3.63) is 47.0 Å². The summed E-state index contributed by atoms with van der Waals surface area (Å²) >= 11 is 6.39. The fourth-order valence-electron chi connectivity index (χ4n) is 3.58. The molecule has 0 radical (unpaired) electrons. The molecule has 0 spiro atoms. The molecule has 3 N–H and O–H groups in total. The Kier molecular flexibility index (Phi) is 5.60. The molecular formula is C23H28ClN5O. The van der Waals surface area contributed by atoms with Crippen LogP contribution in [0, 0.1) is 5.41 Å². The Hall–Kier alpha value is -2.73. The van der Waals surface area contributed by atoms with Crippen molar-refractivity contribution < 1.29 is 4.79 Å². The van der Waals surface area contributed by atoms with Crippen molar-refractivity contribution >= 4 is 45.9 Å². The van der Waals surface area contributed by atoms with Crippen LogP contribution in [0.2, 0.25) is 5.02 Å². The van der Waals surface area contributed by atoms with Gasteiger partial charge < -0.3 is 20.5 Å². The first-order chi connectivity index (χ1) is 14.3.